The molecule has 3 aliphatic carbocycles. The maximum absolute atomic E-state index is 13.0. The van der Waals surface area contributed by atoms with Gasteiger partial charge < -0.3 is 9.47 Å². The van der Waals surface area contributed by atoms with Crippen LogP contribution in [-0.4, -0.2) is 11.9 Å². The number of cyclic esters (lactones) is 1. The Morgan fingerprint density at radius 3 is 2.75 bits per heavy atom. The van der Waals surface area contributed by atoms with Crippen LogP contribution in [0.25, 0.3) is 0 Å². The lowest BCUT2D eigenvalue weighted by atomic mass is 9.46. The average molecular weight is 378 g/mol. The zero-order valence-electron chi connectivity index (χ0n) is 16.5. The van der Waals surface area contributed by atoms with Crippen LogP contribution in [0, 0.1) is 17.3 Å². The van der Waals surface area contributed by atoms with Crippen molar-refractivity contribution in [2.24, 2.45) is 17.3 Å². The number of carbonyl (C=O) groups excluding carboxylic acids is 2. The van der Waals surface area contributed by atoms with Gasteiger partial charge in [-0.25, -0.2) is 9.59 Å². The smallest absolute Gasteiger partial charge is 0.340 e. The van der Waals surface area contributed by atoms with Gasteiger partial charge in [0.05, 0.1) is 11.1 Å². The second-order valence-electron chi connectivity index (χ2n) is 8.50. The molecule has 1 saturated heterocycles. The van der Waals surface area contributed by atoms with Gasteiger partial charge in [0, 0.05) is 11.5 Å². The van der Waals surface area contributed by atoms with E-state index in [0.29, 0.717) is 16.9 Å². The topological polar surface area (TPSA) is 52.6 Å². The predicted octanol–water partition coefficient (Wildman–Crippen LogP) is 5.05. The predicted molar refractivity (Wildman–Crippen MR) is 104 cm³/mol. The molecule has 2 fully saturated rings. The number of ether oxygens (including phenoxy) is 2. The molecule has 0 aromatic heterocycles. The molecule has 4 nitrogen and oxygen atoms in total. The van der Waals surface area contributed by atoms with Gasteiger partial charge in [0.1, 0.15) is 11.2 Å². The van der Waals surface area contributed by atoms with E-state index in [4.69, 9.17) is 9.47 Å². The summed E-state index contributed by atoms with van der Waals surface area (Å²) in [6.45, 7) is 4.28. The van der Waals surface area contributed by atoms with Gasteiger partial charge in [0.25, 0.3) is 0 Å². The molecule has 2 spiro atoms. The Morgan fingerprint density at radius 1 is 1.14 bits per heavy atom. The summed E-state index contributed by atoms with van der Waals surface area (Å²) in [5.74, 6) is 0.555. The highest BCUT2D eigenvalue weighted by Gasteiger charge is 2.75. The van der Waals surface area contributed by atoms with Gasteiger partial charge >= 0.3 is 11.9 Å². The Kier molecular flexibility index (Phi) is 3.84. The summed E-state index contributed by atoms with van der Waals surface area (Å²) in [5.41, 5.74) is 0.766. The Balaban J connectivity index is 1.83. The molecule has 1 aromatic carbocycles. The molecule has 2 heterocycles. The van der Waals surface area contributed by atoms with E-state index in [1.54, 1.807) is 0 Å². The van der Waals surface area contributed by atoms with Crippen molar-refractivity contribution in [1.29, 1.82) is 0 Å². The third-order valence-electron chi connectivity index (χ3n) is 7.23. The number of hydrogen-bond acceptors (Lipinski definition) is 4. The van der Waals surface area contributed by atoms with Gasteiger partial charge in [0.2, 0.25) is 0 Å². The molecule has 4 heteroatoms. The van der Waals surface area contributed by atoms with Crippen molar-refractivity contribution in [1.82, 2.24) is 0 Å². The number of allylic oxidation sites excluding steroid dienone is 2. The van der Waals surface area contributed by atoms with Crippen LogP contribution in [0.1, 0.15) is 68.3 Å². The number of carbonyl (C=O) groups is 2. The van der Waals surface area contributed by atoms with Gasteiger partial charge in [0.15, 0.2) is 5.60 Å². The zero-order chi connectivity index (χ0) is 19.5. The van der Waals surface area contributed by atoms with Crippen molar-refractivity contribution >= 4 is 11.9 Å². The first-order valence-electron chi connectivity index (χ1n) is 10.6. The number of rotatable bonds is 4. The van der Waals surface area contributed by atoms with E-state index in [1.807, 2.05) is 24.3 Å². The Bertz CT molecular complexity index is 926. The lowest BCUT2D eigenvalue weighted by molar-refractivity contribution is -0.152. The third-order valence-corrected chi connectivity index (χ3v) is 7.23. The SMILES string of the molecule is CCC/C=C1/OC(=O)C2=C[C@@H]3CC[C@@]21[C@]1(OC(=O)c2ccccc21)[C@@H]3CCC. The van der Waals surface area contributed by atoms with Crippen LogP contribution in [0.5, 0.6) is 0 Å². The number of unbranched alkanes of at least 4 members (excludes halogenated alkanes) is 1. The van der Waals surface area contributed by atoms with Gasteiger partial charge in [-0.05, 0) is 43.7 Å². The monoisotopic (exact) mass is 378 g/mol. The quantitative estimate of drug-likeness (QED) is 0.688. The lowest BCUT2D eigenvalue weighted by Crippen LogP contribution is -2.59. The van der Waals surface area contributed by atoms with Crippen LogP contribution in [0.3, 0.4) is 0 Å². The van der Waals surface area contributed by atoms with E-state index >= 15 is 0 Å². The molecule has 0 amide bonds. The van der Waals surface area contributed by atoms with Crippen LogP contribution in [0.2, 0.25) is 0 Å². The van der Waals surface area contributed by atoms with E-state index in [9.17, 15) is 9.59 Å². The Morgan fingerprint density at radius 2 is 1.96 bits per heavy atom. The number of esters is 2. The minimum absolute atomic E-state index is 0.155. The summed E-state index contributed by atoms with van der Waals surface area (Å²) in [6.07, 6.45) is 9.74. The highest BCUT2D eigenvalue weighted by atomic mass is 16.6. The van der Waals surface area contributed by atoms with Crippen molar-refractivity contribution in [3.8, 4) is 0 Å². The molecule has 1 saturated carbocycles. The summed E-state index contributed by atoms with van der Waals surface area (Å²) in [6, 6.07) is 7.73. The number of benzene rings is 1. The number of hydrogen-bond donors (Lipinski definition) is 0. The van der Waals surface area contributed by atoms with Crippen LogP contribution >= 0.6 is 0 Å². The lowest BCUT2D eigenvalue weighted by Gasteiger charge is -2.58. The molecule has 146 valence electrons. The van der Waals surface area contributed by atoms with Crippen LogP contribution in [0.15, 0.2) is 47.7 Å². The zero-order valence-corrected chi connectivity index (χ0v) is 16.5. The van der Waals surface area contributed by atoms with Gasteiger partial charge in [-0.1, -0.05) is 51.0 Å². The fraction of sp³-hybridized carbons (Fsp3) is 0.500. The molecule has 5 aliphatic rings. The minimum Gasteiger partial charge on any atom is -0.449 e. The van der Waals surface area contributed by atoms with E-state index < -0.39 is 11.0 Å². The van der Waals surface area contributed by atoms with E-state index in [0.717, 1.165) is 44.1 Å². The van der Waals surface area contributed by atoms with Gasteiger partial charge in [-0.3, -0.25) is 0 Å². The molecule has 6 rings (SSSR count). The molecule has 1 aromatic rings. The number of fused-ring (bicyclic) bond motifs is 2. The fourth-order valence-electron chi connectivity index (χ4n) is 6.26. The van der Waals surface area contributed by atoms with Crippen molar-refractivity contribution in [2.45, 2.75) is 58.0 Å². The fourth-order valence-corrected chi connectivity index (χ4v) is 6.26. The Labute approximate surface area is 165 Å². The van der Waals surface area contributed by atoms with E-state index in [2.05, 4.69) is 26.0 Å². The molecule has 4 atom stereocenters. The highest BCUT2D eigenvalue weighted by molar-refractivity contribution is 5.99. The van der Waals surface area contributed by atoms with E-state index in [1.165, 1.54) is 0 Å². The Hall–Kier alpha value is -2.36. The van der Waals surface area contributed by atoms with Crippen LogP contribution in [-0.2, 0) is 19.9 Å². The molecule has 0 N–H and O–H groups in total. The summed E-state index contributed by atoms with van der Waals surface area (Å²) in [5, 5.41) is 0. The van der Waals surface area contributed by atoms with Gasteiger partial charge in [-0.2, -0.15) is 0 Å². The van der Waals surface area contributed by atoms with Crippen molar-refractivity contribution in [3.63, 3.8) is 0 Å². The third kappa shape index (κ3) is 1.91. The summed E-state index contributed by atoms with van der Waals surface area (Å²) < 4.78 is 12.2. The molecule has 28 heavy (non-hydrogen) atoms. The van der Waals surface area contributed by atoms with Crippen LogP contribution in [0.4, 0.5) is 0 Å². The van der Waals surface area contributed by atoms with Crippen molar-refractivity contribution in [2.75, 3.05) is 0 Å². The second kappa shape index (κ2) is 6.07. The molecule has 2 aliphatic heterocycles. The highest BCUT2D eigenvalue weighted by Crippen LogP contribution is 2.72. The molecular weight excluding hydrogens is 352 g/mol. The maximum Gasteiger partial charge on any atom is 0.340 e. The summed E-state index contributed by atoms with van der Waals surface area (Å²) >= 11 is 0. The molecule has 0 radical (unpaired) electrons. The minimum atomic E-state index is -0.838. The largest absolute Gasteiger partial charge is 0.449 e. The summed E-state index contributed by atoms with van der Waals surface area (Å²) in [4.78, 5) is 25.9. The molecular formula is C24H26O4. The van der Waals surface area contributed by atoms with Crippen LogP contribution < -0.4 is 0 Å². The summed E-state index contributed by atoms with van der Waals surface area (Å²) in [7, 11) is 0. The first kappa shape index (κ1) is 17.7. The first-order valence-corrected chi connectivity index (χ1v) is 10.6. The first-order chi connectivity index (χ1) is 13.6. The maximum atomic E-state index is 13.0. The van der Waals surface area contributed by atoms with Crippen molar-refractivity contribution < 1.29 is 19.1 Å². The standard InChI is InChI=1S/C24H26O4/c1-3-5-11-20-23-13-12-15(14-19(23)22(26)27-20)17(8-4-2)24(23)18-10-7-6-9-16(18)21(25)28-24/h6-7,9-11,14-15,17H,3-5,8,12-13H2,1-2H3/b20-11+/t15-,17+,23+,24-/m0/s1. The van der Waals surface area contributed by atoms with Crippen molar-refractivity contribution in [3.05, 3.63) is 58.9 Å². The molecule has 0 unspecified atom stereocenters. The normalized spacial score (nSPS) is 36.4. The van der Waals surface area contributed by atoms with E-state index in [-0.39, 0.29) is 23.8 Å². The van der Waals surface area contributed by atoms with Gasteiger partial charge in [-0.15, -0.1) is 0 Å². The molecule has 2 bridgehead atoms. The second-order valence-corrected chi connectivity index (χ2v) is 8.50. The average Bonchev–Trinajstić information content (AvgIpc) is 3.17.